The number of nitrogen functional groups attached to an aromatic ring is 1. The van der Waals surface area contributed by atoms with Crippen molar-refractivity contribution in [1.29, 1.82) is 5.26 Å². The highest BCUT2D eigenvalue weighted by atomic mass is 32.1. The van der Waals surface area contributed by atoms with Crippen LogP contribution in [0.5, 0.6) is 0 Å². The Morgan fingerprint density at radius 1 is 1.40 bits per heavy atom. The fraction of sp³-hybridized carbons (Fsp3) is 0.571. The summed E-state index contributed by atoms with van der Waals surface area (Å²) in [7, 11) is 1.57. The Bertz CT molecular complexity index is 569. The molecule has 0 atom stereocenters. The van der Waals surface area contributed by atoms with E-state index in [-0.39, 0.29) is 5.91 Å². The minimum absolute atomic E-state index is 0.230. The van der Waals surface area contributed by atoms with Crippen LogP contribution < -0.4 is 16.4 Å². The number of nitrogens with zero attached hydrogens (tertiary/aromatic N) is 1. The van der Waals surface area contributed by atoms with Crippen molar-refractivity contribution in [2.24, 2.45) is 11.8 Å². The van der Waals surface area contributed by atoms with E-state index >= 15 is 0 Å². The number of hydrogen-bond donors (Lipinski definition) is 3. The molecule has 2 fully saturated rings. The molecule has 1 amide bonds. The van der Waals surface area contributed by atoms with Crippen LogP contribution in [0.1, 0.15) is 40.9 Å². The van der Waals surface area contributed by atoms with Gasteiger partial charge in [-0.3, -0.25) is 4.79 Å². The Hall–Kier alpha value is -1.74. The minimum Gasteiger partial charge on any atom is -0.396 e. The molecule has 0 bridgehead atoms. The van der Waals surface area contributed by atoms with Gasteiger partial charge in [-0.25, -0.2) is 0 Å². The van der Waals surface area contributed by atoms with E-state index in [2.05, 4.69) is 16.7 Å². The van der Waals surface area contributed by atoms with Crippen LogP contribution in [0.2, 0.25) is 0 Å². The fourth-order valence-corrected chi connectivity index (χ4v) is 3.68. The zero-order valence-corrected chi connectivity index (χ0v) is 12.2. The molecule has 20 heavy (non-hydrogen) atoms. The second kappa shape index (κ2) is 4.98. The summed E-state index contributed by atoms with van der Waals surface area (Å²) in [5, 5.41) is 16.1. The first kappa shape index (κ1) is 13.3. The van der Waals surface area contributed by atoms with Gasteiger partial charge in [0, 0.05) is 13.1 Å². The van der Waals surface area contributed by atoms with Gasteiger partial charge < -0.3 is 16.4 Å². The maximum Gasteiger partial charge on any atom is 0.263 e. The van der Waals surface area contributed by atoms with Crippen LogP contribution in [-0.4, -0.2) is 19.0 Å². The van der Waals surface area contributed by atoms with Gasteiger partial charge in [0.1, 0.15) is 21.5 Å². The molecule has 0 aromatic carbocycles. The molecule has 0 unspecified atom stereocenters. The first-order valence-electron chi connectivity index (χ1n) is 6.96. The first-order valence-corrected chi connectivity index (χ1v) is 7.78. The maximum atomic E-state index is 11.8. The number of carbonyl (C=O) groups is 1. The van der Waals surface area contributed by atoms with Crippen molar-refractivity contribution < 1.29 is 4.79 Å². The Kier molecular flexibility index (Phi) is 3.30. The average molecular weight is 290 g/mol. The van der Waals surface area contributed by atoms with E-state index in [1.54, 1.807) is 7.05 Å². The molecule has 2 saturated carbocycles. The summed E-state index contributed by atoms with van der Waals surface area (Å²) in [6, 6.07) is 2.57. The normalized spacial score (nSPS) is 17.9. The molecule has 1 heterocycles. The van der Waals surface area contributed by atoms with Gasteiger partial charge in [-0.2, -0.15) is 5.26 Å². The number of anilines is 2. The van der Waals surface area contributed by atoms with E-state index in [1.807, 2.05) is 0 Å². The third kappa shape index (κ3) is 2.34. The molecule has 2 aliphatic carbocycles. The van der Waals surface area contributed by atoms with E-state index in [0.717, 1.165) is 16.8 Å². The summed E-state index contributed by atoms with van der Waals surface area (Å²) < 4.78 is 0. The topological polar surface area (TPSA) is 90.9 Å². The quantitative estimate of drug-likeness (QED) is 0.775. The lowest BCUT2D eigenvalue weighted by atomic mass is 10.1. The van der Waals surface area contributed by atoms with Crippen LogP contribution in [0.4, 0.5) is 10.7 Å². The van der Waals surface area contributed by atoms with Gasteiger partial charge in [0.2, 0.25) is 0 Å². The van der Waals surface area contributed by atoms with Gasteiger partial charge in [0.25, 0.3) is 5.91 Å². The highest BCUT2D eigenvalue weighted by molar-refractivity contribution is 7.19. The van der Waals surface area contributed by atoms with Gasteiger partial charge in [-0.05, 0) is 37.5 Å². The summed E-state index contributed by atoms with van der Waals surface area (Å²) in [4.78, 5) is 12.2. The number of nitrogens with one attached hydrogen (secondary N) is 2. The van der Waals surface area contributed by atoms with E-state index in [4.69, 9.17) is 5.73 Å². The van der Waals surface area contributed by atoms with Crippen molar-refractivity contribution in [3.63, 3.8) is 0 Å². The molecule has 0 radical (unpaired) electrons. The predicted octanol–water partition coefficient (Wildman–Crippen LogP) is 2.16. The van der Waals surface area contributed by atoms with Crippen LogP contribution in [-0.2, 0) is 0 Å². The lowest BCUT2D eigenvalue weighted by Gasteiger charge is -2.17. The highest BCUT2D eigenvalue weighted by Gasteiger charge is 2.42. The second-order valence-corrected chi connectivity index (χ2v) is 6.61. The van der Waals surface area contributed by atoms with E-state index < -0.39 is 0 Å². The van der Waals surface area contributed by atoms with Crippen LogP contribution in [0.3, 0.4) is 0 Å². The molecule has 1 aromatic heterocycles. The molecule has 0 aliphatic heterocycles. The lowest BCUT2D eigenvalue weighted by molar-refractivity contribution is 0.0968. The van der Waals surface area contributed by atoms with Crippen LogP contribution in [0.15, 0.2) is 0 Å². The zero-order valence-electron chi connectivity index (χ0n) is 11.4. The monoisotopic (exact) mass is 290 g/mol. The number of nitrogens with two attached hydrogens (primary N) is 1. The summed E-state index contributed by atoms with van der Waals surface area (Å²) in [6.45, 7) is 0. The maximum absolute atomic E-state index is 11.8. The van der Waals surface area contributed by atoms with Crippen LogP contribution in [0, 0.1) is 23.2 Å². The standard InChI is InChI=1S/C14H18N4OS/c1-17-13(19)12-10(16)9(6-15)14(20-12)18-11(7-2-3-7)8-4-5-8/h7-8,11,18H,2-5,16H2,1H3,(H,17,19). The number of amides is 1. The Morgan fingerprint density at radius 2 is 2.00 bits per heavy atom. The van der Waals surface area contributed by atoms with Crippen molar-refractivity contribution in [3.05, 3.63) is 10.4 Å². The third-order valence-electron chi connectivity index (χ3n) is 4.05. The van der Waals surface area contributed by atoms with Gasteiger partial charge in [-0.15, -0.1) is 11.3 Å². The van der Waals surface area contributed by atoms with Crippen LogP contribution >= 0.6 is 11.3 Å². The van der Waals surface area contributed by atoms with E-state index in [1.165, 1.54) is 37.0 Å². The largest absolute Gasteiger partial charge is 0.396 e. The van der Waals surface area contributed by atoms with Crippen molar-refractivity contribution in [1.82, 2.24) is 5.32 Å². The Morgan fingerprint density at radius 3 is 2.45 bits per heavy atom. The molecular formula is C14H18N4OS. The molecule has 5 nitrogen and oxygen atoms in total. The molecule has 3 rings (SSSR count). The van der Waals surface area contributed by atoms with Gasteiger partial charge in [-0.1, -0.05) is 0 Å². The SMILES string of the molecule is CNC(=O)c1sc(NC(C2CC2)C2CC2)c(C#N)c1N. The average Bonchev–Trinajstić information content (AvgIpc) is 3.34. The van der Waals surface area contributed by atoms with Crippen molar-refractivity contribution >= 4 is 27.9 Å². The molecular weight excluding hydrogens is 272 g/mol. The number of thiophene rings is 1. The lowest BCUT2D eigenvalue weighted by Crippen LogP contribution is -2.24. The second-order valence-electron chi connectivity index (χ2n) is 5.58. The first-order chi connectivity index (χ1) is 9.65. The molecule has 6 heteroatoms. The van der Waals surface area contributed by atoms with Gasteiger partial charge >= 0.3 is 0 Å². The van der Waals surface area contributed by atoms with E-state index in [0.29, 0.717) is 22.2 Å². The summed E-state index contributed by atoms with van der Waals surface area (Å²) >= 11 is 1.29. The van der Waals surface area contributed by atoms with Crippen LogP contribution in [0.25, 0.3) is 0 Å². The van der Waals surface area contributed by atoms with Crippen molar-refractivity contribution in [3.8, 4) is 6.07 Å². The summed E-state index contributed by atoms with van der Waals surface area (Å²) in [5.74, 6) is 1.22. The fourth-order valence-electron chi connectivity index (χ4n) is 2.62. The molecule has 1 aromatic rings. The molecule has 0 saturated heterocycles. The molecule has 2 aliphatic rings. The predicted molar refractivity (Wildman–Crippen MR) is 79.7 cm³/mol. The van der Waals surface area contributed by atoms with Crippen molar-refractivity contribution in [2.75, 3.05) is 18.1 Å². The van der Waals surface area contributed by atoms with E-state index in [9.17, 15) is 10.1 Å². The number of rotatable bonds is 5. The van der Waals surface area contributed by atoms with Gasteiger partial charge in [0.15, 0.2) is 0 Å². The summed E-state index contributed by atoms with van der Waals surface area (Å²) in [6.07, 6.45) is 5.05. The Labute approximate surface area is 122 Å². The Balaban J connectivity index is 1.88. The minimum atomic E-state index is -0.230. The number of carbonyl (C=O) groups excluding carboxylic acids is 1. The number of hydrogen-bond acceptors (Lipinski definition) is 5. The smallest absolute Gasteiger partial charge is 0.263 e. The molecule has 0 spiro atoms. The molecule has 106 valence electrons. The van der Waals surface area contributed by atoms with Gasteiger partial charge in [0.05, 0.1) is 5.69 Å². The highest BCUT2D eigenvalue weighted by Crippen LogP contribution is 2.47. The zero-order chi connectivity index (χ0) is 14.3. The summed E-state index contributed by atoms with van der Waals surface area (Å²) in [5.41, 5.74) is 6.65. The molecule has 4 N–H and O–H groups in total. The number of nitriles is 1. The van der Waals surface area contributed by atoms with Crippen molar-refractivity contribution in [2.45, 2.75) is 31.7 Å². The third-order valence-corrected chi connectivity index (χ3v) is 5.18.